The van der Waals surface area contributed by atoms with Gasteiger partial charge in [-0.1, -0.05) is 18.2 Å². The summed E-state index contributed by atoms with van der Waals surface area (Å²) in [4.78, 5) is 12.2. The minimum absolute atomic E-state index is 0. The number of piperidine rings is 1. The number of alkyl halides is 2. The van der Waals surface area contributed by atoms with Crippen LogP contribution < -0.4 is 15.4 Å². The minimum atomic E-state index is -2.88. The van der Waals surface area contributed by atoms with E-state index in [2.05, 4.69) is 15.4 Å². The zero-order valence-corrected chi connectivity index (χ0v) is 13.2. The predicted molar refractivity (Wildman–Crippen MR) is 82.5 cm³/mol. The fourth-order valence-corrected chi connectivity index (χ4v) is 2.53. The van der Waals surface area contributed by atoms with Crippen molar-refractivity contribution in [1.29, 1.82) is 0 Å². The largest absolute Gasteiger partial charge is 0.434 e. The molecular weight excluding hydrogens is 314 g/mol. The molecule has 4 nitrogen and oxygen atoms in total. The van der Waals surface area contributed by atoms with Gasteiger partial charge in [-0.15, -0.1) is 12.4 Å². The van der Waals surface area contributed by atoms with Gasteiger partial charge in [-0.2, -0.15) is 8.78 Å². The molecule has 2 atom stereocenters. The van der Waals surface area contributed by atoms with Gasteiger partial charge in [-0.05, 0) is 32.4 Å². The van der Waals surface area contributed by atoms with Crippen molar-refractivity contribution < 1.29 is 18.3 Å². The van der Waals surface area contributed by atoms with E-state index in [1.165, 1.54) is 6.07 Å². The monoisotopic (exact) mass is 334 g/mol. The van der Waals surface area contributed by atoms with Crippen molar-refractivity contribution in [2.75, 3.05) is 13.1 Å². The summed E-state index contributed by atoms with van der Waals surface area (Å²) in [6, 6.07) is 6.14. The van der Waals surface area contributed by atoms with E-state index in [9.17, 15) is 13.6 Å². The number of ether oxygens (including phenoxy) is 1. The van der Waals surface area contributed by atoms with Crippen molar-refractivity contribution in [2.45, 2.75) is 32.4 Å². The number of halogens is 3. The summed E-state index contributed by atoms with van der Waals surface area (Å²) >= 11 is 0. The van der Waals surface area contributed by atoms with Crippen LogP contribution in [0, 0.1) is 5.92 Å². The molecule has 1 amide bonds. The van der Waals surface area contributed by atoms with Crippen LogP contribution in [0.4, 0.5) is 8.78 Å². The Kier molecular flexibility index (Phi) is 7.55. The zero-order chi connectivity index (χ0) is 15.2. The van der Waals surface area contributed by atoms with E-state index in [0.29, 0.717) is 12.1 Å². The van der Waals surface area contributed by atoms with Crippen LogP contribution in [-0.4, -0.2) is 25.6 Å². The lowest BCUT2D eigenvalue weighted by Crippen LogP contribution is -2.41. The van der Waals surface area contributed by atoms with E-state index in [1.807, 2.05) is 0 Å². The number of carbonyl (C=O) groups excluding carboxylic acids is 1. The average Bonchev–Trinajstić information content (AvgIpc) is 2.48. The third-order valence-corrected chi connectivity index (χ3v) is 3.63. The lowest BCUT2D eigenvalue weighted by Gasteiger charge is -2.25. The number of benzene rings is 1. The first-order chi connectivity index (χ1) is 10.1. The first-order valence-corrected chi connectivity index (χ1v) is 7.12. The molecule has 0 radical (unpaired) electrons. The first kappa shape index (κ1) is 18.6. The Bertz CT molecular complexity index is 482. The topological polar surface area (TPSA) is 50.4 Å². The van der Waals surface area contributed by atoms with Crippen LogP contribution in [-0.2, 0) is 4.79 Å². The molecule has 7 heteroatoms. The summed E-state index contributed by atoms with van der Waals surface area (Å²) < 4.78 is 29.3. The fraction of sp³-hybridized carbons (Fsp3) is 0.533. The lowest BCUT2D eigenvalue weighted by atomic mass is 9.98. The standard InChI is InChI=1S/C15H20F2N2O2.ClH/c1-10(19-14(20)11-5-4-8-18-9-11)12-6-2-3-7-13(12)21-15(16)17;/h2-3,6-7,10-11,15,18H,4-5,8-9H2,1H3,(H,19,20);1H. The third kappa shape index (κ3) is 5.10. The first-order valence-electron chi connectivity index (χ1n) is 7.12. The second-order valence-electron chi connectivity index (χ2n) is 5.19. The molecule has 1 aromatic rings. The molecule has 1 heterocycles. The highest BCUT2D eigenvalue weighted by atomic mass is 35.5. The molecule has 2 unspecified atom stereocenters. The van der Waals surface area contributed by atoms with E-state index in [0.717, 1.165) is 19.4 Å². The number of hydrogen-bond donors (Lipinski definition) is 2. The summed E-state index contributed by atoms with van der Waals surface area (Å²) in [5, 5.41) is 6.06. The Morgan fingerprint density at radius 2 is 2.14 bits per heavy atom. The molecule has 0 saturated carbocycles. The molecule has 0 aromatic heterocycles. The maximum Gasteiger partial charge on any atom is 0.387 e. The zero-order valence-electron chi connectivity index (χ0n) is 12.4. The molecule has 1 fully saturated rings. The van der Waals surface area contributed by atoms with Gasteiger partial charge in [0.2, 0.25) is 5.91 Å². The number of amides is 1. The molecule has 0 aliphatic carbocycles. The van der Waals surface area contributed by atoms with Gasteiger partial charge in [0.15, 0.2) is 0 Å². The molecule has 1 aliphatic heterocycles. The molecule has 0 spiro atoms. The van der Waals surface area contributed by atoms with E-state index in [4.69, 9.17) is 0 Å². The van der Waals surface area contributed by atoms with Crippen molar-refractivity contribution in [1.82, 2.24) is 10.6 Å². The quantitative estimate of drug-likeness (QED) is 0.870. The molecule has 22 heavy (non-hydrogen) atoms. The van der Waals surface area contributed by atoms with Crippen LogP contribution in [0.5, 0.6) is 5.75 Å². The molecule has 1 aliphatic rings. The van der Waals surface area contributed by atoms with E-state index >= 15 is 0 Å². The van der Waals surface area contributed by atoms with Crippen LogP contribution in [0.25, 0.3) is 0 Å². The van der Waals surface area contributed by atoms with E-state index in [-0.39, 0.29) is 36.0 Å². The Morgan fingerprint density at radius 1 is 1.41 bits per heavy atom. The van der Waals surface area contributed by atoms with Crippen LogP contribution in [0.3, 0.4) is 0 Å². The van der Waals surface area contributed by atoms with Crippen LogP contribution in [0.1, 0.15) is 31.4 Å². The van der Waals surface area contributed by atoms with Crippen LogP contribution >= 0.6 is 12.4 Å². The molecular formula is C15H21ClF2N2O2. The molecule has 1 saturated heterocycles. The van der Waals surface area contributed by atoms with Crippen LogP contribution in [0.2, 0.25) is 0 Å². The second-order valence-corrected chi connectivity index (χ2v) is 5.19. The Balaban J connectivity index is 0.00000242. The SMILES string of the molecule is CC(NC(=O)C1CCCNC1)c1ccccc1OC(F)F.Cl. The normalized spacial score (nSPS) is 19.2. The van der Waals surface area contributed by atoms with Gasteiger partial charge in [-0.3, -0.25) is 4.79 Å². The van der Waals surface area contributed by atoms with Crippen molar-refractivity contribution in [3.8, 4) is 5.75 Å². The summed E-state index contributed by atoms with van der Waals surface area (Å²) in [6.07, 6.45) is 1.82. The smallest absolute Gasteiger partial charge is 0.387 e. The predicted octanol–water partition coefficient (Wildman–Crippen LogP) is 2.89. The van der Waals surface area contributed by atoms with Gasteiger partial charge in [0, 0.05) is 12.1 Å². The number of nitrogens with one attached hydrogen (secondary N) is 2. The highest BCUT2D eigenvalue weighted by Crippen LogP contribution is 2.26. The van der Waals surface area contributed by atoms with Gasteiger partial charge >= 0.3 is 6.61 Å². The van der Waals surface area contributed by atoms with Crippen molar-refractivity contribution in [3.05, 3.63) is 29.8 Å². The van der Waals surface area contributed by atoms with E-state index in [1.54, 1.807) is 25.1 Å². The van der Waals surface area contributed by atoms with Crippen molar-refractivity contribution in [2.24, 2.45) is 5.92 Å². The maximum atomic E-state index is 12.4. The molecule has 2 rings (SSSR count). The minimum Gasteiger partial charge on any atom is -0.434 e. The Labute approximate surface area is 135 Å². The third-order valence-electron chi connectivity index (χ3n) is 3.63. The Morgan fingerprint density at radius 3 is 2.77 bits per heavy atom. The van der Waals surface area contributed by atoms with Gasteiger partial charge in [-0.25, -0.2) is 0 Å². The highest BCUT2D eigenvalue weighted by molar-refractivity contribution is 5.85. The molecule has 0 bridgehead atoms. The van der Waals surface area contributed by atoms with Crippen molar-refractivity contribution >= 4 is 18.3 Å². The number of para-hydroxylation sites is 1. The number of hydrogen-bond acceptors (Lipinski definition) is 3. The second kappa shape index (κ2) is 8.90. The summed E-state index contributed by atoms with van der Waals surface area (Å²) in [5.41, 5.74) is 0.551. The van der Waals surface area contributed by atoms with Gasteiger partial charge < -0.3 is 15.4 Å². The van der Waals surface area contributed by atoms with Crippen LogP contribution in [0.15, 0.2) is 24.3 Å². The molecule has 1 aromatic carbocycles. The summed E-state index contributed by atoms with van der Waals surface area (Å²) in [7, 11) is 0. The average molecular weight is 335 g/mol. The number of carbonyl (C=O) groups is 1. The molecule has 2 N–H and O–H groups in total. The number of rotatable bonds is 5. The Hall–Kier alpha value is -1.40. The van der Waals surface area contributed by atoms with Crippen molar-refractivity contribution in [3.63, 3.8) is 0 Å². The lowest BCUT2D eigenvalue weighted by molar-refractivity contribution is -0.126. The van der Waals surface area contributed by atoms with Gasteiger partial charge in [0.1, 0.15) is 5.75 Å². The highest BCUT2D eigenvalue weighted by Gasteiger charge is 2.23. The molecule has 124 valence electrons. The fourth-order valence-electron chi connectivity index (χ4n) is 2.53. The van der Waals surface area contributed by atoms with Gasteiger partial charge in [0.05, 0.1) is 12.0 Å². The van der Waals surface area contributed by atoms with E-state index < -0.39 is 6.61 Å². The summed E-state index contributed by atoms with van der Waals surface area (Å²) in [5.74, 6) is -0.0204. The van der Waals surface area contributed by atoms with Gasteiger partial charge in [0.25, 0.3) is 0 Å². The summed E-state index contributed by atoms with van der Waals surface area (Å²) in [6.45, 7) is 0.483. The maximum absolute atomic E-state index is 12.4.